The highest BCUT2D eigenvalue weighted by Gasteiger charge is 2.25. The summed E-state index contributed by atoms with van der Waals surface area (Å²) >= 11 is 0. The van der Waals surface area contributed by atoms with Crippen LogP contribution in [0.2, 0.25) is 0 Å². The van der Waals surface area contributed by atoms with Gasteiger partial charge >= 0.3 is 5.97 Å². The van der Waals surface area contributed by atoms with Crippen molar-refractivity contribution in [1.82, 2.24) is 5.32 Å². The van der Waals surface area contributed by atoms with E-state index in [1.165, 1.54) is 0 Å². The van der Waals surface area contributed by atoms with Crippen molar-refractivity contribution in [2.45, 2.75) is 32.9 Å². The molecule has 0 aliphatic heterocycles. The van der Waals surface area contributed by atoms with E-state index in [1.807, 2.05) is 0 Å². The molecule has 7 nitrogen and oxygen atoms in total. The van der Waals surface area contributed by atoms with Gasteiger partial charge < -0.3 is 15.2 Å². The normalized spacial score (nSPS) is 13.3. The number of carboxylic acid groups (broad SMARTS) is 1. The Morgan fingerprint density at radius 3 is 2.28 bits per heavy atom. The lowest BCUT2D eigenvalue weighted by molar-refractivity contribution is -0.140. The summed E-state index contributed by atoms with van der Waals surface area (Å²) in [5, 5.41) is 10.9. The van der Waals surface area contributed by atoms with Crippen molar-refractivity contribution in [3.63, 3.8) is 0 Å². The standard InChI is InChI=1S/C10H19NO6S/c1-7(2)17-4-5-18(15,16)6-9(10(13)14)11-8(3)12/h7,9H,4-6H2,1-3H3,(H,11,12)(H,13,14). The summed E-state index contributed by atoms with van der Waals surface area (Å²) in [5.74, 6) is -2.87. The molecule has 1 amide bonds. The average molecular weight is 281 g/mol. The first-order valence-corrected chi connectivity index (χ1v) is 7.28. The lowest BCUT2D eigenvalue weighted by Gasteiger charge is -2.14. The summed E-state index contributed by atoms with van der Waals surface area (Å²) in [6, 6.07) is -1.42. The van der Waals surface area contributed by atoms with Crippen molar-refractivity contribution < 1.29 is 27.9 Å². The summed E-state index contributed by atoms with van der Waals surface area (Å²) in [5.41, 5.74) is 0. The van der Waals surface area contributed by atoms with E-state index in [4.69, 9.17) is 9.84 Å². The van der Waals surface area contributed by atoms with E-state index in [1.54, 1.807) is 13.8 Å². The molecule has 0 rings (SSSR count). The monoisotopic (exact) mass is 281 g/mol. The van der Waals surface area contributed by atoms with E-state index >= 15 is 0 Å². The zero-order valence-electron chi connectivity index (χ0n) is 10.7. The molecule has 0 heterocycles. The van der Waals surface area contributed by atoms with Gasteiger partial charge in [-0.15, -0.1) is 0 Å². The number of hydrogen-bond acceptors (Lipinski definition) is 5. The molecule has 106 valence electrons. The van der Waals surface area contributed by atoms with Crippen LogP contribution in [0.1, 0.15) is 20.8 Å². The number of carbonyl (C=O) groups excluding carboxylic acids is 1. The molecule has 0 aliphatic carbocycles. The van der Waals surface area contributed by atoms with E-state index in [0.717, 1.165) is 6.92 Å². The van der Waals surface area contributed by atoms with E-state index in [-0.39, 0.29) is 18.5 Å². The minimum Gasteiger partial charge on any atom is -0.480 e. The van der Waals surface area contributed by atoms with Gasteiger partial charge in [0.25, 0.3) is 0 Å². The second-order valence-corrected chi connectivity index (χ2v) is 6.35. The maximum Gasteiger partial charge on any atom is 0.327 e. The molecule has 2 N–H and O–H groups in total. The lowest BCUT2D eigenvalue weighted by atomic mass is 10.3. The molecule has 0 aromatic carbocycles. The fourth-order valence-corrected chi connectivity index (χ4v) is 2.42. The van der Waals surface area contributed by atoms with Crippen molar-refractivity contribution in [2.75, 3.05) is 18.1 Å². The summed E-state index contributed by atoms with van der Waals surface area (Å²) in [6.45, 7) is 4.67. The Kier molecular flexibility index (Phi) is 6.85. The molecule has 18 heavy (non-hydrogen) atoms. The number of sulfone groups is 1. The van der Waals surface area contributed by atoms with Gasteiger partial charge in [0.05, 0.1) is 24.2 Å². The van der Waals surface area contributed by atoms with Crippen LogP contribution >= 0.6 is 0 Å². The Bertz CT molecular complexity index is 389. The van der Waals surface area contributed by atoms with Crippen LogP contribution < -0.4 is 5.32 Å². The van der Waals surface area contributed by atoms with Crippen LogP contribution in [0.4, 0.5) is 0 Å². The lowest BCUT2D eigenvalue weighted by Crippen LogP contribution is -2.45. The summed E-state index contributed by atoms with van der Waals surface area (Å²) < 4.78 is 28.3. The van der Waals surface area contributed by atoms with E-state index in [0.29, 0.717) is 0 Å². The van der Waals surface area contributed by atoms with Crippen molar-refractivity contribution in [2.24, 2.45) is 0 Å². The molecule has 0 aromatic rings. The van der Waals surface area contributed by atoms with E-state index < -0.39 is 33.5 Å². The van der Waals surface area contributed by atoms with Gasteiger partial charge in [-0.1, -0.05) is 0 Å². The van der Waals surface area contributed by atoms with Gasteiger partial charge in [-0.05, 0) is 13.8 Å². The first-order valence-electron chi connectivity index (χ1n) is 5.46. The second-order valence-electron chi connectivity index (χ2n) is 4.13. The molecule has 0 aromatic heterocycles. The number of nitrogens with one attached hydrogen (secondary N) is 1. The fraction of sp³-hybridized carbons (Fsp3) is 0.800. The van der Waals surface area contributed by atoms with Gasteiger partial charge in [0, 0.05) is 6.92 Å². The van der Waals surface area contributed by atoms with Crippen LogP contribution in [-0.4, -0.2) is 55.7 Å². The molecule has 0 saturated heterocycles. The Balaban J connectivity index is 4.42. The second kappa shape index (κ2) is 7.32. The van der Waals surface area contributed by atoms with Crippen molar-refractivity contribution in [3.05, 3.63) is 0 Å². The first-order chi connectivity index (χ1) is 8.14. The van der Waals surface area contributed by atoms with Gasteiger partial charge in [-0.25, -0.2) is 13.2 Å². The Hall–Kier alpha value is -1.15. The maximum atomic E-state index is 11.6. The van der Waals surface area contributed by atoms with Crippen molar-refractivity contribution >= 4 is 21.7 Å². The highest BCUT2D eigenvalue weighted by Crippen LogP contribution is 1.98. The van der Waals surface area contributed by atoms with Crippen LogP contribution in [0.15, 0.2) is 0 Å². The van der Waals surface area contributed by atoms with Crippen LogP contribution in [0.5, 0.6) is 0 Å². The Morgan fingerprint density at radius 1 is 1.33 bits per heavy atom. The van der Waals surface area contributed by atoms with E-state index in [2.05, 4.69) is 5.32 Å². The minimum absolute atomic E-state index is 0.00636. The molecule has 8 heteroatoms. The van der Waals surface area contributed by atoms with Crippen LogP contribution in [0.25, 0.3) is 0 Å². The highest BCUT2D eigenvalue weighted by molar-refractivity contribution is 7.91. The number of carboxylic acids is 1. The quantitative estimate of drug-likeness (QED) is 0.615. The molecule has 0 radical (unpaired) electrons. The van der Waals surface area contributed by atoms with E-state index in [9.17, 15) is 18.0 Å². The number of aliphatic carboxylic acids is 1. The maximum absolute atomic E-state index is 11.6. The Morgan fingerprint density at radius 2 is 1.89 bits per heavy atom. The molecule has 0 spiro atoms. The molecule has 0 bridgehead atoms. The van der Waals surface area contributed by atoms with Crippen LogP contribution in [-0.2, 0) is 24.2 Å². The third kappa shape index (κ3) is 8.02. The van der Waals surface area contributed by atoms with Gasteiger partial charge in [-0.2, -0.15) is 0 Å². The smallest absolute Gasteiger partial charge is 0.327 e. The largest absolute Gasteiger partial charge is 0.480 e. The summed E-state index contributed by atoms with van der Waals surface area (Å²) in [7, 11) is -3.59. The van der Waals surface area contributed by atoms with Crippen LogP contribution in [0.3, 0.4) is 0 Å². The molecule has 0 fully saturated rings. The number of hydrogen-bond donors (Lipinski definition) is 2. The molecular formula is C10H19NO6S. The third-order valence-corrected chi connectivity index (χ3v) is 3.57. The number of ether oxygens (including phenoxy) is 1. The summed E-state index contributed by atoms with van der Waals surface area (Å²) in [6.07, 6.45) is -0.0918. The molecule has 0 aliphatic rings. The van der Waals surface area contributed by atoms with Gasteiger partial charge in [0.1, 0.15) is 6.04 Å². The fourth-order valence-electron chi connectivity index (χ4n) is 1.17. The Labute approximate surface area is 106 Å². The predicted molar refractivity (Wildman–Crippen MR) is 65.0 cm³/mol. The molecule has 0 saturated carbocycles. The number of rotatable bonds is 8. The van der Waals surface area contributed by atoms with Crippen molar-refractivity contribution in [3.8, 4) is 0 Å². The molecular weight excluding hydrogens is 262 g/mol. The minimum atomic E-state index is -3.59. The average Bonchev–Trinajstić information content (AvgIpc) is 2.14. The van der Waals surface area contributed by atoms with Gasteiger partial charge in [-0.3, -0.25) is 4.79 Å². The number of carbonyl (C=O) groups is 2. The van der Waals surface area contributed by atoms with Crippen LogP contribution in [0, 0.1) is 0 Å². The zero-order chi connectivity index (χ0) is 14.3. The third-order valence-electron chi connectivity index (χ3n) is 1.94. The summed E-state index contributed by atoms with van der Waals surface area (Å²) in [4.78, 5) is 21.5. The van der Waals surface area contributed by atoms with Gasteiger partial charge in [0.2, 0.25) is 5.91 Å². The number of amides is 1. The predicted octanol–water partition coefficient (Wildman–Crippen LogP) is -0.584. The molecule has 1 atom stereocenters. The molecule has 1 unspecified atom stereocenters. The van der Waals surface area contributed by atoms with Crippen molar-refractivity contribution in [1.29, 1.82) is 0 Å². The SMILES string of the molecule is CC(=O)NC(CS(=O)(=O)CCOC(C)C)C(=O)O. The zero-order valence-corrected chi connectivity index (χ0v) is 11.5. The first kappa shape index (κ1) is 16.9. The highest BCUT2D eigenvalue weighted by atomic mass is 32.2. The van der Waals surface area contributed by atoms with Gasteiger partial charge in [0.15, 0.2) is 9.84 Å². The topological polar surface area (TPSA) is 110 Å².